The van der Waals surface area contributed by atoms with Crippen LogP contribution in [-0.4, -0.2) is 37.7 Å². The third-order valence-corrected chi connectivity index (χ3v) is 7.47. The lowest BCUT2D eigenvalue weighted by Crippen LogP contribution is -2.29. The Morgan fingerprint density at radius 3 is 2.54 bits per heavy atom. The fourth-order valence-electron chi connectivity index (χ4n) is 3.97. The average Bonchev–Trinajstić information content (AvgIpc) is 3.45. The van der Waals surface area contributed by atoms with Gasteiger partial charge in [0.05, 0.1) is 17.8 Å². The SMILES string of the molecule is CNS(=O)(=O)CCNCc1ccc(-c2ccc3ncnc(Nc4ccc(OCc5ccccc5)cc4)c3c2)o1. The van der Waals surface area contributed by atoms with Gasteiger partial charge in [-0.25, -0.2) is 23.1 Å². The fraction of sp³-hybridized carbons (Fsp3) is 0.172. The molecule has 0 aliphatic heterocycles. The summed E-state index contributed by atoms with van der Waals surface area (Å²) >= 11 is 0. The summed E-state index contributed by atoms with van der Waals surface area (Å²) in [7, 11) is -1.84. The number of benzene rings is 3. The van der Waals surface area contributed by atoms with Crippen LogP contribution in [0.1, 0.15) is 11.3 Å². The maximum absolute atomic E-state index is 11.5. The Balaban J connectivity index is 1.25. The van der Waals surface area contributed by atoms with Gasteiger partial charge in [-0.3, -0.25) is 0 Å². The molecule has 39 heavy (non-hydrogen) atoms. The Bertz CT molecular complexity index is 1640. The largest absolute Gasteiger partial charge is 0.489 e. The highest BCUT2D eigenvalue weighted by molar-refractivity contribution is 7.89. The predicted molar refractivity (Wildman–Crippen MR) is 152 cm³/mol. The van der Waals surface area contributed by atoms with E-state index in [2.05, 4.69) is 25.3 Å². The summed E-state index contributed by atoms with van der Waals surface area (Å²) < 4.78 is 37.3. The van der Waals surface area contributed by atoms with Gasteiger partial charge in [-0.05, 0) is 67.2 Å². The fourth-order valence-corrected chi connectivity index (χ4v) is 4.59. The first-order chi connectivity index (χ1) is 19.0. The summed E-state index contributed by atoms with van der Waals surface area (Å²) in [5.41, 5.74) is 3.68. The summed E-state index contributed by atoms with van der Waals surface area (Å²) in [6.07, 6.45) is 1.53. The van der Waals surface area contributed by atoms with Crippen LogP contribution >= 0.6 is 0 Å². The second kappa shape index (κ2) is 12.1. The Morgan fingerprint density at radius 1 is 0.923 bits per heavy atom. The second-order valence-electron chi connectivity index (χ2n) is 8.84. The molecule has 0 aliphatic carbocycles. The molecule has 0 bridgehead atoms. The molecule has 0 atom stereocenters. The van der Waals surface area contributed by atoms with Crippen molar-refractivity contribution >= 4 is 32.4 Å². The number of hydrogen-bond acceptors (Lipinski definition) is 8. The molecule has 5 rings (SSSR count). The molecule has 200 valence electrons. The van der Waals surface area contributed by atoms with E-state index in [1.165, 1.54) is 13.4 Å². The van der Waals surface area contributed by atoms with Gasteiger partial charge in [-0.1, -0.05) is 30.3 Å². The second-order valence-corrected chi connectivity index (χ2v) is 10.9. The van der Waals surface area contributed by atoms with E-state index in [0.717, 1.165) is 33.5 Å². The van der Waals surface area contributed by atoms with Gasteiger partial charge < -0.3 is 19.8 Å². The van der Waals surface area contributed by atoms with Crippen LogP contribution in [0.5, 0.6) is 5.75 Å². The number of anilines is 2. The Kier molecular flexibility index (Phi) is 8.16. The molecule has 0 aliphatic rings. The Labute approximate surface area is 227 Å². The molecule has 0 saturated carbocycles. The maximum atomic E-state index is 11.5. The molecule has 0 saturated heterocycles. The van der Waals surface area contributed by atoms with E-state index in [4.69, 9.17) is 9.15 Å². The average molecular weight is 544 g/mol. The first-order valence-electron chi connectivity index (χ1n) is 12.5. The molecule has 0 spiro atoms. The van der Waals surface area contributed by atoms with Gasteiger partial charge in [0.2, 0.25) is 10.0 Å². The summed E-state index contributed by atoms with van der Waals surface area (Å²) in [6.45, 7) is 1.26. The zero-order valence-corrected chi connectivity index (χ0v) is 22.2. The highest BCUT2D eigenvalue weighted by Crippen LogP contribution is 2.30. The zero-order chi connectivity index (χ0) is 27.1. The van der Waals surface area contributed by atoms with Crippen LogP contribution in [0.2, 0.25) is 0 Å². The lowest BCUT2D eigenvalue weighted by Gasteiger charge is -2.11. The molecule has 2 aromatic heterocycles. The molecule has 9 nitrogen and oxygen atoms in total. The number of sulfonamides is 1. The lowest BCUT2D eigenvalue weighted by atomic mass is 10.1. The molecule has 2 heterocycles. The summed E-state index contributed by atoms with van der Waals surface area (Å²) in [5, 5.41) is 7.33. The Morgan fingerprint density at radius 2 is 1.74 bits per heavy atom. The van der Waals surface area contributed by atoms with Crippen LogP contribution in [0.3, 0.4) is 0 Å². The molecular formula is C29H29N5O4S. The molecule has 5 aromatic rings. The van der Waals surface area contributed by atoms with Crippen molar-refractivity contribution in [2.24, 2.45) is 0 Å². The number of nitrogens with zero attached hydrogens (tertiary/aromatic N) is 2. The number of fused-ring (bicyclic) bond motifs is 1. The first kappa shape index (κ1) is 26.4. The van der Waals surface area contributed by atoms with Gasteiger partial charge >= 0.3 is 0 Å². The number of ether oxygens (including phenoxy) is 1. The highest BCUT2D eigenvalue weighted by Gasteiger charge is 2.11. The van der Waals surface area contributed by atoms with Crippen LogP contribution in [0.15, 0.2) is 95.7 Å². The molecule has 0 amide bonds. The molecule has 3 aromatic carbocycles. The minimum atomic E-state index is -3.24. The molecule has 0 radical (unpaired) electrons. The van der Waals surface area contributed by atoms with Crippen molar-refractivity contribution in [1.82, 2.24) is 20.0 Å². The highest BCUT2D eigenvalue weighted by atomic mass is 32.2. The maximum Gasteiger partial charge on any atom is 0.212 e. The van der Waals surface area contributed by atoms with Crippen LogP contribution in [-0.2, 0) is 23.2 Å². The number of rotatable bonds is 12. The molecule has 0 fully saturated rings. The van der Waals surface area contributed by atoms with Gasteiger partial charge in [-0.15, -0.1) is 0 Å². The van der Waals surface area contributed by atoms with Crippen molar-refractivity contribution in [3.8, 4) is 17.1 Å². The van der Waals surface area contributed by atoms with Crippen molar-refractivity contribution in [2.75, 3.05) is 24.7 Å². The molecule has 10 heteroatoms. The van der Waals surface area contributed by atoms with Crippen molar-refractivity contribution in [2.45, 2.75) is 13.2 Å². The van der Waals surface area contributed by atoms with Crippen LogP contribution < -0.4 is 20.1 Å². The van der Waals surface area contributed by atoms with Crippen molar-refractivity contribution in [3.05, 3.63) is 103 Å². The van der Waals surface area contributed by atoms with E-state index in [0.29, 0.717) is 37.0 Å². The molecule has 0 unspecified atom stereocenters. The first-order valence-corrected chi connectivity index (χ1v) is 14.1. The molecule has 3 N–H and O–H groups in total. The van der Waals surface area contributed by atoms with Crippen LogP contribution in [0.25, 0.3) is 22.2 Å². The van der Waals surface area contributed by atoms with Gasteiger partial charge in [0, 0.05) is 23.2 Å². The topological polar surface area (TPSA) is 118 Å². The van der Waals surface area contributed by atoms with E-state index in [1.807, 2.05) is 84.9 Å². The number of furan rings is 1. The standard InChI is InChI=1S/C29H29N5O4S/c1-30-39(35,36)16-15-31-18-25-12-14-28(38-25)22-7-13-27-26(17-22)29(33-20-32-27)34-23-8-10-24(11-9-23)37-19-21-5-3-2-4-6-21/h2-14,17,20,30-31H,15-16,18-19H2,1H3,(H,32,33,34). The van der Waals surface area contributed by atoms with E-state index < -0.39 is 10.0 Å². The quantitative estimate of drug-likeness (QED) is 0.191. The zero-order valence-electron chi connectivity index (χ0n) is 21.4. The summed E-state index contributed by atoms with van der Waals surface area (Å²) in [4.78, 5) is 8.87. The van der Waals surface area contributed by atoms with Gasteiger partial charge in [0.1, 0.15) is 36.0 Å². The predicted octanol–water partition coefficient (Wildman–Crippen LogP) is 4.85. The minimum Gasteiger partial charge on any atom is -0.489 e. The minimum absolute atomic E-state index is 0.000948. The van der Waals surface area contributed by atoms with Gasteiger partial charge in [0.15, 0.2) is 0 Å². The van der Waals surface area contributed by atoms with Crippen molar-refractivity contribution in [1.29, 1.82) is 0 Å². The van der Waals surface area contributed by atoms with E-state index in [1.54, 1.807) is 0 Å². The third kappa shape index (κ3) is 6.99. The van der Waals surface area contributed by atoms with Crippen LogP contribution in [0.4, 0.5) is 11.5 Å². The van der Waals surface area contributed by atoms with Gasteiger partial charge in [-0.2, -0.15) is 0 Å². The summed E-state index contributed by atoms with van der Waals surface area (Å²) in [5.74, 6) is 2.88. The Hall–Kier alpha value is -4.25. The lowest BCUT2D eigenvalue weighted by molar-refractivity contribution is 0.306. The summed E-state index contributed by atoms with van der Waals surface area (Å²) in [6, 6.07) is 27.4. The number of hydrogen-bond donors (Lipinski definition) is 3. The normalized spacial score (nSPS) is 11.5. The van der Waals surface area contributed by atoms with E-state index in [-0.39, 0.29) is 5.75 Å². The van der Waals surface area contributed by atoms with E-state index in [9.17, 15) is 8.42 Å². The van der Waals surface area contributed by atoms with Crippen molar-refractivity contribution in [3.63, 3.8) is 0 Å². The molecular weight excluding hydrogens is 514 g/mol. The van der Waals surface area contributed by atoms with E-state index >= 15 is 0 Å². The smallest absolute Gasteiger partial charge is 0.212 e. The third-order valence-electron chi connectivity index (χ3n) is 6.10. The van der Waals surface area contributed by atoms with Crippen molar-refractivity contribution < 1.29 is 17.6 Å². The number of nitrogens with one attached hydrogen (secondary N) is 3. The van der Waals surface area contributed by atoms with Crippen LogP contribution in [0, 0.1) is 0 Å². The monoisotopic (exact) mass is 543 g/mol. The number of aromatic nitrogens is 2. The van der Waals surface area contributed by atoms with Gasteiger partial charge in [0.25, 0.3) is 0 Å².